The standard InChI is InChI=1S/C12H17N3O2/c1-9-4-3-5-11(12(9)15(16)17)13-10-6-7-14(2)8-10/h3-5,10,13H,6-8H2,1-2H3. The van der Waals surface area contributed by atoms with E-state index in [9.17, 15) is 10.1 Å². The fourth-order valence-electron chi connectivity index (χ4n) is 2.29. The summed E-state index contributed by atoms with van der Waals surface area (Å²) in [6.45, 7) is 3.74. The number of hydrogen-bond donors (Lipinski definition) is 1. The molecule has 0 aliphatic carbocycles. The van der Waals surface area contributed by atoms with E-state index >= 15 is 0 Å². The zero-order chi connectivity index (χ0) is 12.4. The molecule has 1 saturated heterocycles. The largest absolute Gasteiger partial charge is 0.375 e. The molecule has 2 rings (SSSR count). The van der Waals surface area contributed by atoms with Crippen LogP contribution in [0, 0.1) is 17.0 Å². The second-order valence-electron chi connectivity index (χ2n) is 4.62. The van der Waals surface area contributed by atoms with E-state index in [0.717, 1.165) is 19.5 Å². The number of nitrogens with zero attached hydrogens (tertiary/aromatic N) is 2. The molecule has 1 unspecified atom stereocenters. The second-order valence-corrected chi connectivity index (χ2v) is 4.62. The van der Waals surface area contributed by atoms with Crippen LogP contribution in [0.15, 0.2) is 18.2 Å². The molecule has 0 bridgehead atoms. The van der Waals surface area contributed by atoms with Crippen molar-refractivity contribution in [3.63, 3.8) is 0 Å². The molecule has 1 aromatic carbocycles. The molecule has 1 atom stereocenters. The Morgan fingerprint density at radius 2 is 2.29 bits per heavy atom. The van der Waals surface area contributed by atoms with Crippen molar-refractivity contribution in [2.24, 2.45) is 0 Å². The Labute approximate surface area is 101 Å². The maximum atomic E-state index is 11.0. The van der Waals surface area contributed by atoms with Gasteiger partial charge in [0.2, 0.25) is 0 Å². The minimum absolute atomic E-state index is 0.196. The first-order valence-electron chi connectivity index (χ1n) is 5.77. The van der Waals surface area contributed by atoms with Crippen LogP contribution in [0.4, 0.5) is 11.4 Å². The highest BCUT2D eigenvalue weighted by Gasteiger charge is 2.23. The van der Waals surface area contributed by atoms with Gasteiger partial charge < -0.3 is 10.2 Å². The SMILES string of the molecule is Cc1cccc(NC2CCN(C)C2)c1[N+](=O)[O-]. The molecule has 1 aliphatic rings. The van der Waals surface area contributed by atoms with E-state index in [0.29, 0.717) is 17.3 Å². The van der Waals surface area contributed by atoms with Crippen LogP contribution in [0.2, 0.25) is 0 Å². The summed E-state index contributed by atoms with van der Waals surface area (Å²) in [5.74, 6) is 0. The maximum Gasteiger partial charge on any atom is 0.295 e. The van der Waals surface area contributed by atoms with Gasteiger partial charge >= 0.3 is 0 Å². The van der Waals surface area contributed by atoms with Gasteiger partial charge in [0.25, 0.3) is 5.69 Å². The number of aryl methyl sites for hydroxylation is 1. The van der Waals surface area contributed by atoms with Crippen molar-refractivity contribution in [3.8, 4) is 0 Å². The lowest BCUT2D eigenvalue weighted by Gasteiger charge is -2.14. The lowest BCUT2D eigenvalue weighted by Crippen LogP contribution is -2.24. The van der Waals surface area contributed by atoms with E-state index in [4.69, 9.17) is 0 Å². The quantitative estimate of drug-likeness (QED) is 0.643. The van der Waals surface area contributed by atoms with E-state index in [1.54, 1.807) is 19.1 Å². The molecular formula is C12H17N3O2. The topological polar surface area (TPSA) is 58.4 Å². The van der Waals surface area contributed by atoms with Gasteiger partial charge in [-0.1, -0.05) is 12.1 Å². The third-order valence-corrected chi connectivity index (χ3v) is 3.17. The molecule has 17 heavy (non-hydrogen) atoms. The Kier molecular flexibility index (Phi) is 3.28. The van der Waals surface area contributed by atoms with Crippen LogP contribution < -0.4 is 5.32 Å². The van der Waals surface area contributed by atoms with E-state index in [2.05, 4.69) is 17.3 Å². The first-order chi connectivity index (χ1) is 8.08. The Morgan fingerprint density at radius 1 is 1.53 bits per heavy atom. The van der Waals surface area contributed by atoms with Crippen LogP contribution >= 0.6 is 0 Å². The number of anilines is 1. The number of likely N-dealkylation sites (tertiary alicyclic amines) is 1. The van der Waals surface area contributed by atoms with Gasteiger partial charge in [-0.15, -0.1) is 0 Å². The number of nitro groups is 1. The van der Waals surface area contributed by atoms with Gasteiger partial charge in [-0.3, -0.25) is 10.1 Å². The van der Waals surface area contributed by atoms with Crippen LogP contribution in [-0.2, 0) is 0 Å². The van der Waals surface area contributed by atoms with Gasteiger partial charge in [0.15, 0.2) is 0 Å². The lowest BCUT2D eigenvalue weighted by atomic mass is 10.1. The van der Waals surface area contributed by atoms with Gasteiger partial charge in [0.05, 0.1) is 4.92 Å². The van der Waals surface area contributed by atoms with Gasteiger partial charge in [-0.25, -0.2) is 0 Å². The molecule has 1 aliphatic heterocycles. The first-order valence-corrected chi connectivity index (χ1v) is 5.77. The van der Waals surface area contributed by atoms with Crippen LogP contribution in [0.3, 0.4) is 0 Å². The van der Waals surface area contributed by atoms with Crippen molar-refractivity contribution < 1.29 is 4.92 Å². The summed E-state index contributed by atoms with van der Waals surface area (Å²) in [7, 11) is 2.06. The maximum absolute atomic E-state index is 11.0. The van der Waals surface area contributed by atoms with E-state index in [-0.39, 0.29) is 10.6 Å². The highest BCUT2D eigenvalue weighted by atomic mass is 16.6. The molecule has 0 aromatic heterocycles. The molecule has 1 fully saturated rings. The molecule has 1 heterocycles. The van der Waals surface area contributed by atoms with Crippen molar-refractivity contribution in [3.05, 3.63) is 33.9 Å². The minimum atomic E-state index is -0.309. The molecule has 5 heteroatoms. The number of nitrogens with one attached hydrogen (secondary N) is 1. The number of hydrogen-bond acceptors (Lipinski definition) is 4. The van der Waals surface area contributed by atoms with Crippen molar-refractivity contribution >= 4 is 11.4 Å². The summed E-state index contributed by atoms with van der Waals surface area (Å²) >= 11 is 0. The Balaban J connectivity index is 2.20. The molecule has 0 amide bonds. The average molecular weight is 235 g/mol. The monoisotopic (exact) mass is 235 g/mol. The molecule has 1 N–H and O–H groups in total. The second kappa shape index (κ2) is 4.71. The van der Waals surface area contributed by atoms with Crippen molar-refractivity contribution in [1.82, 2.24) is 4.90 Å². The molecule has 92 valence electrons. The predicted molar refractivity (Wildman–Crippen MR) is 67.4 cm³/mol. The Morgan fingerprint density at radius 3 is 2.88 bits per heavy atom. The fraction of sp³-hybridized carbons (Fsp3) is 0.500. The summed E-state index contributed by atoms with van der Waals surface area (Å²) in [5, 5.41) is 14.3. The smallest absolute Gasteiger partial charge is 0.295 e. The number of rotatable bonds is 3. The van der Waals surface area contributed by atoms with E-state index in [1.165, 1.54) is 0 Å². The van der Waals surface area contributed by atoms with E-state index in [1.807, 2.05) is 6.07 Å². The summed E-state index contributed by atoms with van der Waals surface area (Å²) in [5.41, 5.74) is 1.53. The van der Waals surface area contributed by atoms with Crippen LogP contribution in [0.5, 0.6) is 0 Å². The first kappa shape index (κ1) is 11.9. The van der Waals surface area contributed by atoms with Crippen LogP contribution in [-0.4, -0.2) is 36.0 Å². The molecule has 5 nitrogen and oxygen atoms in total. The third-order valence-electron chi connectivity index (χ3n) is 3.17. The summed E-state index contributed by atoms with van der Waals surface area (Å²) in [4.78, 5) is 12.9. The number of benzene rings is 1. The summed E-state index contributed by atoms with van der Waals surface area (Å²) in [6, 6.07) is 5.71. The van der Waals surface area contributed by atoms with E-state index < -0.39 is 0 Å². The number of para-hydroxylation sites is 1. The van der Waals surface area contributed by atoms with Crippen molar-refractivity contribution in [2.75, 3.05) is 25.5 Å². The molecule has 0 radical (unpaired) electrons. The molecular weight excluding hydrogens is 218 g/mol. The van der Waals surface area contributed by atoms with Crippen LogP contribution in [0.25, 0.3) is 0 Å². The zero-order valence-corrected chi connectivity index (χ0v) is 10.1. The number of likely N-dealkylation sites (N-methyl/N-ethyl adjacent to an activating group) is 1. The summed E-state index contributed by atoms with van der Waals surface area (Å²) in [6.07, 6.45) is 1.03. The van der Waals surface area contributed by atoms with Gasteiger partial charge in [0, 0.05) is 18.2 Å². The van der Waals surface area contributed by atoms with Gasteiger partial charge in [-0.2, -0.15) is 0 Å². The van der Waals surface area contributed by atoms with Crippen molar-refractivity contribution in [2.45, 2.75) is 19.4 Å². The lowest BCUT2D eigenvalue weighted by molar-refractivity contribution is -0.384. The predicted octanol–water partition coefficient (Wildman–Crippen LogP) is 2.02. The Bertz CT molecular complexity index is 434. The van der Waals surface area contributed by atoms with Crippen LogP contribution in [0.1, 0.15) is 12.0 Å². The normalized spacial score (nSPS) is 20.5. The van der Waals surface area contributed by atoms with Gasteiger partial charge in [0.1, 0.15) is 5.69 Å². The summed E-state index contributed by atoms with van der Waals surface area (Å²) < 4.78 is 0. The van der Waals surface area contributed by atoms with Gasteiger partial charge in [-0.05, 0) is 33.0 Å². The highest BCUT2D eigenvalue weighted by molar-refractivity contribution is 5.65. The van der Waals surface area contributed by atoms with Crippen molar-refractivity contribution in [1.29, 1.82) is 0 Å². The number of nitro benzene ring substituents is 1. The fourth-order valence-corrected chi connectivity index (χ4v) is 2.29. The zero-order valence-electron chi connectivity index (χ0n) is 10.1. The molecule has 0 spiro atoms. The average Bonchev–Trinajstić information content (AvgIpc) is 2.63. The highest BCUT2D eigenvalue weighted by Crippen LogP contribution is 2.29. The molecule has 1 aromatic rings. The molecule has 0 saturated carbocycles. The minimum Gasteiger partial charge on any atom is -0.375 e. The third kappa shape index (κ3) is 2.55. The Hall–Kier alpha value is -1.62.